The number of anilines is 2. The van der Waals surface area contributed by atoms with Gasteiger partial charge in [0.25, 0.3) is 5.56 Å². The predicted octanol–water partition coefficient (Wildman–Crippen LogP) is -5.92. The van der Waals surface area contributed by atoms with Crippen molar-refractivity contribution in [2.24, 2.45) is 9.98 Å². The monoisotopic (exact) mass is 864 g/mol. The van der Waals surface area contributed by atoms with Gasteiger partial charge in [0.1, 0.15) is 24.1 Å². The largest absolute Gasteiger partial charge is 2.00 e. The van der Waals surface area contributed by atoms with Gasteiger partial charge in [-0.15, -0.1) is 0 Å². The molecule has 2 unspecified atom stereocenters. The molecule has 5 heterocycles. The van der Waals surface area contributed by atoms with Crippen LogP contribution in [0.3, 0.4) is 0 Å². The van der Waals surface area contributed by atoms with E-state index in [1.54, 1.807) is 0 Å². The summed E-state index contributed by atoms with van der Waals surface area (Å²) in [5.41, 5.74) is 9.24. The first-order chi connectivity index (χ1) is 21.5. The number of nitrogen functional groups attached to an aromatic ring is 2. The summed E-state index contributed by atoms with van der Waals surface area (Å²) in [6.07, 6.45) is -7.70. The minimum Gasteiger partial charge on any atom is -0.783 e. The number of aromatic nitrogens is 4. The Morgan fingerprint density at radius 2 is 1.57 bits per heavy atom. The van der Waals surface area contributed by atoms with Crippen LogP contribution >= 0.6 is 15.6 Å². The van der Waals surface area contributed by atoms with E-state index in [-0.39, 0.29) is 64.4 Å². The molecular weight excluding hydrogens is 834 g/mol. The molecule has 0 saturated carbocycles. The molecule has 2 aromatic heterocycles. The van der Waals surface area contributed by atoms with Gasteiger partial charge in [0.2, 0.25) is 5.95 Å². The molecule has 2 aromatic rings. The van der Waals surface area contributed by atoms with Crippen LogP contribution in [0.4, 0.5) is 11.8 Å². The standard InChI is InChI=1S/C19H24N8O13P2S2.Mo.H2O2.2H2O/c20-7-1-2-27(19(31)22-7)17-11(29)10(28)5(39-17)3-36-41(32,33)40-42(34,35)37-4-6-12(43)13(44)8-16(38-6)24-14-9(23-8)15(30)26-18(21)25-14;;1-2;;/h1-2,5-6,8,10-11,16-17,28-29,43-44H,3-4H2,(H,32,33)(H,34,35)(H2,20,22,31)(H3,21,24,25,26,30);;1-2H;2*1H2/q;+2;;;/p-2/t5-,6-,8+,10-,11-,16-,17-;;;;/m1..../s1. The number of aromatic amines is 1. The van der Waals surface area contributed by atoms with Gasteiger partial charge in [-0.2, -0.15) is 24.1 Å². The molecule has 49 heavy (non-hydrogen) atoms. The fourth-order valence-electron chi connectivity index (χ4n) is 4.24. The second-order valence-electron chi connectivity index (χ2n) is 9.27. The number of phosphoric ester groups is 2. The molecule has 9 atom stereocenters. The number of hydrogen-bond acceptors (Lipinski definition) is 21. The van der Waals surface area contributed by atoms with Crippen LogP contribution in [0, 0.1) is 0 Å². The van der Waals surface area contributed by atoms with Gasteiger partial charge in [-0.25, -0.2) is 18.9 Å². The van der Waals surface area contributed by atoms with Crippen molar-refractivity contribution in [2.45, 2.75) is 42.9 Å². The summed E-state index contributed by atoms with van der Waals surface area (Å²) >= 11 is 10.6. The van der Waals surface area contributed by atoms with Crippen molar-refractivity contribution >= 4 is 52.7 Å². The zero-order chi connectivity index (χ0) is 34.1. The maximum atomic E-state index is 12.5. The molecule has 15 N–H and O–H groups in total. The van der Waals surface area contributed by atoms with Crippen LogP contribution in [0.5, 0.6) is 0 Å². The molecule has 5 rings (SSSR count). The smallest absolute Gasteiger partial charge is 0.783 e. The Kier molecular flexibility index (Phi) is 16.3. The van der Waals surface area contributed by atoms with Crippen molar-refractivity contribution in [1.82, 2.24) is 19.5 Å². The predicted molar refractivity (Wildman–Crippen MR) is 160 cm³/mol. The molecule has 0 aliphatic carbocycles. The summed E-state index contributed by atoms with van der Waals surface area (Å²) in [5.74, 6) is -0.337. The van der Waals surface area contributed by atoms with E-state index in [0.717, 1.165) is 10.8 Å². The molecule has 1 fully saturated rings. The van der Waals surface area contributed by atoms with E-state index < -0.39 is 83.0 Å². The average molecular weight is 862 g/mol. The maximum Gasteiger partial charge on any atom is 2.00 e. The van der Waals surface area contributed by atoms with Gasteiger partial charge in [0, 0.05) is 6.20 Å². The molecular formula is C19H28MoN8O17P2S2. The van der Waals surface area contributed by atoms with Gasteiger partial charge in [0.15, 0.2) is 23.3 Å². The van der Waals surface area contributed by atoms with E-state index in [1.165, 1.54) is 6.07 Å². The quantitative estimate of drug-likeness (QED) is 0.0372. The van der Waals surface area contributed by atoms with Crippen LogP contribution in [0.25, 0.3) is 0 Å². The molecule has 30 heteroatoms. The van der Waals surface area contributed by atoms with Crippen molar-refractivity contribution < 1.29 is 94.5 Å². The fourth-order valence-corrected chi connectivity index (χ4v) is 6.86. The number of nitrogens with zero attached hydrogens (tertiary/aromatic N) is 5. The average Bonchev–Trinajstić information content (AvgIpc) is 3.25. The molecule has 0 amide bonds. The minimum atomic E-state index is -5.38. The molecule has 3 aliphatic heterocycles. The number of aliphatic hydroxyl groups is 2. The number of nitrogens with one attached hydrogen (secondary N) is 1. The third-order valence-electron chi connectivity index (χ3n) is 6.25. The van der Waals surface area contributed by atoms with Crippen molar-refractivity contribution in [2.75, 3.05) is 24.7 Å². The van der Waals surface area contributed by atoms with E-state index in [1.807, 2.05) is 0 Å². The van der Waals surface area contributed by atoms with Crippen LogP contribution < -0.4 is 33.6 Å². The number of hydrogen-bond donors (Lipinski definition) is 9. The van der Waals surface area contributed by atoms with E-state index in [9.17, 15) is 38.7 Å². The Hall–Kier alpha value is -2.23. The maximum absolute atomic E-state index is 12.5. The number of fused-ring (bicyclic) bond motifs is 2. The summed E-state index contributed by atoms with van der Waals surface area (Å²) in [5, 5.41) is 32.4. The van der Waals surface area contributed by atoms with Gasteiger partial charge in [-0.05, 0) is 6.07 Å². The second-order valence-corrected chi connectivity index (χ2v) is 13.2. The number of rotatable bonds is 9. The minimum absolute atomic E-state index is 0. The van der Waals surface area contributed by atoms with Crippen molar-refractivity contribution in [3.05, 3.63) is 53.8 Å². The van der Waals surface area contributed by atoms with Gasteiger partial charge >= 0.3 is 42.4 Å². The van der Waals surface area contributed by atoms with Gasteiger partial charge in [0.05, 0.1) is 25.4 Å². The Balaban J connectivity index is 0.00000236. The van der Waals surface area contributed by atoms with Crippen LogP contribution in [0.15, 0.2) is 41.6 Å². The summed E-state index contributed by atoms with van der Waals surface area (Å²) in [6.45, 7) is -1.76. The third kappa shape index (κ3) is 10.2. The molecule has 0 spiro atoms. The first-order valence-electron chi connectivity index (χ1n) is 12.3. The fraction of sp³-hybridized carbons (Fsp3) is 0.474. The summed E-state index contributed by atoms with van der Waals surface area (Å²) < 4.78 is 50.5. The number of H-pyrrole nitrogens is 1. The summed E-state index contributed by atoms with van der Waals surface area (Å²) in [6, 6.07) is 0.241. The van der Waals surface area contributed by atoms with E-state index in [4.69, 9.17) is 61.2 Å². The normalized spacial score (nSPS) is 27.8. The second kappa shape index (κ2) is 17.8. The summed E-state index contributed by atoms with van der Waals surface area (Å²) in [7, 11) is -10.7. The van der Waals surface area contributed by atoms with Crippen LogP contribution in [0.1, 0.15) is 6.23 Å². The molecule has 0 bridgehead atoms. The number of phosphoric acid groups is 2. The van der Waals surface area contributed by atoms with Crippen molar-refractivity contribution in [3.8, 4) is 0 Å². The van der Waals surface area contributed by atoms with E-state index in [2.05, 4.69) is 33.8 Å². The SMILES string of the molecule is Nc1ccn([C@@H]2O[C@H](COP(=O)(O)OP(=O)(O)OC[C@H]3O[C@H]4N=c5nc(N)[nH]c(=O)c5=N[C@H]4C([S-])=C3[S-])[C@@H](O)[C@H]2O)c(=O)n1.O.O.OO.[Mo+2]. The molecule has 0 radical (unpaired) electrons. The Labute approximate surface area is 297 Å². The number of ether oxygens (including phenoxy) is 2. The van der Waals surface area contributed by atoms with E-state index in [0.29, 0.717) is 0 Å². The number of aliphatic hydroxyl groups excluding tert-OH is 2. The first kappa shape index (κ1) is 44.8. The molecule has 1 saturated heterocycles. The zero-order valence-electron chi connectivity index (χ0n) is 24.0. The van der Waals surface area contributed by atoms with Gasteiger partial charge in [-0.3, -0.25) is 38.9 Å². The zero-order valence-corrected chi connectivity index (χ0v) is 29.4. The van der Waals surface area contributed by atoms with Crippen LogP contribution in [-0.4, -0.2) is 111 Å². The van der Waals surface area contributed by atoms with Gasteiger partial charge < -0.3 is 77.2 Å². The van der Waals surface area contributed by atoms with Crippen molar-refractivity contribution in [3.63, 3.8) is 0 Å². The van der Waals surface area contributed by atoms with Crippen LogP contribution in [-0.2, 0) is 78.3 Å². The first-order valence-corrected chi connectivity index (χ1v) is 16.1. The Bertz CT molecular complexity index is 1860. The van der Waals surface area contributed by atoms with Crippen molar-refractivity contribution in [1.29, 1.82) is 0 Å². The topological polar surface area (TPSA) is 422 Å². The van der Waals surface area contributed by atoms with Crippen LogP contribution in [0.2, 0.25) is 0 Å². The molecule has 25 nitrogen and oxygen atoms in total. The Morgan fingerprint density at radius 3 is 2.18 bits per heavy atom. The number of nitrogens with two attached hydrogens (primary N) is 2. The van der Waals surface area contributed by atoms with Gasteiger partial charge in [-0.1, -0.05) is 0 Å². The summed E-state index contributed by atoms with van der Waals surface area (Å²) in [4.78, 5) is 62.2. The third-order valence-corrected chi connectivity index (χ3v) is 9.93. The van der Waals surface area contributed by atoms with E-state index >= 15 is 0 Å². The molecule has 3 aliphatic rings. The Morgan fingerprint density at radius 1 is 0.959 bits per heavy atom. The molecule has 0 aromatic carbocycles. The molecule has 274 valence electrons.